The fourth-order valence-electron chi connectivity index (χ4n) is 4.11. The summed E-state index contributed by atoms with van der Waals surface area (Å²) in [6.07, 6.45) is 1.89. The number of fused-ring (bicyclic) bond motifs is 1. The highest BCUT2D eigenvalue weighted by Crippen LogP contribution is 2.36. The zero-order chi connectivity index (χ0) is 23.2. The van der Waals surface area contributed by atoms with E-state index in [0.717, 1.165) is 45.6 Å². The van der Waals surface area contributed by atoms with Crippen molar-refractivity contribution in [2.75, 3.05) is 60.6 Å². The molecule has 0 saturated carbocycles. The van der Waals surface area contributed by atoms with E-state index < -0.39 is 0 Å². The predicted molar refractivity (Wildman–Crippen MR) is 130 cm³/mol. The van der Waals surface area contributed by atoms with E-state index in [4.69, 9.17) is 18.6 Å². The third kappa shape index (κ3) is 5.31. The zero-order valence-electron chi connectivity index (χ0n) is 19.6. The normalized spacial score (nSPS) is 15.0. The molecule has 1 aliphatic heterocycles. The van der Waals surface area contributed by atoms with Gasteiger partial charge >= 0.3 is 0 Å². The Balaban J connectivity index is 1.54. The first-order chi connectivity index (χ1) is 16.1. The average Bonchev–Trinajstić information content (AvgIpc) is 2.85. The molecule has 2 aromatic carbocycles. The van der Waals surface area contributed by atoms with E-state index in [-0.39, 0.29) is 11.2 Å². The molecule has 1 fully saturated rings. The van der Waals surface area contributed by atoms with E-state index in [1.807, 2.05) is 18.2 Å². The summed E-state index contributed by atoms with van der Waals surface area (Å²) in [5, 5.41) is 0.508. The largest absolute Gasteiger partial charge is 0.493 e. The number of hydrogen-bond acceptors (Lipinski definition) is 7. The summed E-state index contributed by atoms with van der Waals surface area (Å²) < 4.78 is 23.0. The molecule has 0 bridgehead atoms. The number of likely N-dealkylation sites (N-methyl/N-ethyl adjacent to an activating group) is 1. The van der Waals surface area contributed by atoms with Crippen LogP contribution in [0.4, 0.5) is 0 Å². The number of ether oxygens (including phenoxy) is 3. The molecule has 7 heteroatoms. The van der Waals surface area contributed by atoms with Crippen LogP contribution >= 0.6 is 0 Å². The van der Waals surface area contributed by atoms with Crippen molar-refractivity contribution in [1.82, 2.24) is 9.80 Å². The molecule has 0 spiro atoms. The van der Waals surface area contributed by atoms with E-state index in [0.29, 0.717) is 40.4 Å². The number of hydrogen-bond donors (Lipinski definition) is 0. The lowest BCUT2D eigenvalue weighted by molar-refractivity contribution is 0.149. The SMILES string of the molecule is COc1ccc(-c2oc3ccccc3c(=O)c2OCCCCN2CCN(C)CC2)cc1OC. The van der Waals surface area contributed by atoms with Crippen LogP contribution in [0.25, 0.3) is 22.3 Å². The molecule has 176 valence electrons. The van der Waals surface area contributed by atoms with Crippen LogP contribution in [0.15, 0.2) is 51.7 Å². The van der Waals surface area contributed by atoms with Crippen molar-refractivity contribution in [1.29, 1.82) is 0 Å². The summed E-state index contributed by atoms with van der Waals surface area (Å²) in [5.41, 5.74) is 1.05. The Morgan fingerprint density at radius 2 is 1.70 bits per heavy atom. The van der Waals surface area contributed by atoms with Gasteiger partial charge in [-0.2, -0.15) is 0 Å². The predicted octanol–water partition coefficient (Wildman–Crippen LogP) is 3.88. The molecule has 0 radical (unpaired) electrons. The molecule has 1 saturated heterocycles. The summed E-state index contributed by atoms with van der Waals surface area (Å²) >= 11 is 0. The minimum Gasteiger partial charge on any atom is -0.493 e. The van der Waals surface area contributed by atoms with E-state index in [1.165, 1.54) is 0 Å². The quantitative estimate of drug-likeness (QED) is 0.457. The van der Waals surface area contributed by atoms with Crippen LogP contribution in [0.1, 0.15) is 12.8 Å². The topological polar surface area (TPSA) is 64.4 Å². The van der Waals surface area contributed by atoms with E-state index in [1.54, 1.807) is 38.5 Å². The molecule has 3 aromatic rings. The van der Waals surface area contributed by atoms with E-state index in [2.05, 4.69) is 16.8 Å². The van der Waals surface area contributed by atoms with Gasteiger partial charge in [-0.3, -0.25) is 4.79 Å². The molecule has 0 atom stereocenters. The number of methoxy groups -OCH3 is 2. The highest BCUT2D eigenvalue weighted by Gasteiger charge is 2.19. The Labute approximate surface area is 194 Å². The molecule has 0 aliphatic carbocycles. The van der Waals surface area contributed by atoms with E-state index >= 15 is 0 Å². The zero-order valence-corrected chi connectivity index (χ0v) is 19.6. The number of nitrogens with zero attached hydrogens (tertiary/aromatic N) is 2. The van der Waals surface area contributed by atoms with Gasteiger partial charge in [-0.1, -0.05) is 12.1 Å². The second-order valence-corrected chi connectivity index (χ2v) is 8.36. The van der Waals surface area contributed by atoms with Gasteiger partial charge < -0.3 is 28.4 Å². The highest BCUT2D eigenvalue weighted by atomic mass is 16.5. The molecule has 4 rings (SSSR count). The van der Waals surface area contributed by atoms with E-state index in [9.17, 15) is 4.79 Å². The lowest BCUT2D eigenvalue weighted by atomic mass is 10.1. The van der Waals surface area contributed by atoms with Crippen molar-refractivity contribution in [3.8, 4) is 28.6 Å². The van der Waals surface area contributed by atoms with Crippen LogP contribution in [-0.4, -0.2) is 70.4 Å². The summed E-state index contributed by atoms with van der Waals surface area (Å²) in [5.74, 6) is 1.80. The van der Waals surface area contributed by atoms with Gasteiger partial charge in [-0.25, -0.2) is 0 Å². The maximum absolute atomic E-state index is 13.3. The van der Waals surface area contributed by atoms with Crippen molar-refractivity contribution in [3.05, 3.63) is 52.7 Å². The van der Waals surface area contributed by atoms with Gasteiger partial charge in [0.15, 0.2) is 17.3 Å². The first-order valence-corrected chi connectivity index (χ1v) is 11.4. The summed E-state index contributed by atoms with van der Waals surface area (Å²) in [4.78, 5) is 18.1. The van der Waals surface area contributed by atoms with Crippen LogP contribution in [0.5, 0.6) is 17.2 Å². The van der Waals surface area contributed by atoms with Crippen LogP contribution in [0.3, 0.4) is 0 Å². The van der Waals surface area contributed by atoms with Crippen LogP contribution in [0, 0.1) is 0 Å². The molecule has 33 heavy (non-hydrogen) atoms. The second kappa shape index (κ2) is 10.7. The van der Waals surface area contributed by atoms with Crippen molar-refractivity contribution in [3.63, 3.8) is 0 Å². The first-order valence-electron chi connectivity index (χ1n) is 11.4. The smallest absolute Gasteiger partial charge is 0.235 e. The lowest BCUT2D eigenvalue weighted by Crippen LogP contribution is -2.44. The maximum atomic E-state index is 13.3. The standard InChI is InChI=1S/C26H32N2O5/c1-27-13-15-28(16-14-27)12-6-7-17-32-26-24(29)20-8-4-5-9-21(20)33-25(26)19-10-11-22(30-2)23(18-19)31-3/h4-5,8-11,18H,6-7,12-17H2,1-3H3. The Bertz CT molecular complexity index is 1140. The first kappa shape index (κ1) is 23.1. The third-order valence-electron chi connectivity index (χ3n) is 6.11. The Kier molecular flexibility index (Phi) is 7.52. The van der Waals surface area contributed by atoms with Crippen LogP contribution in [-0.2, 0) is 0 Å². The van der Waals surface area contributed by atoms with Gasteiger partial charge in [0.1, 0.15) is 5.58 Å². The number of piperazine rings is 1. The molecule has 2 heterocycles. The number of benzene rings is 2. The summed E-state index contributed by atoms with van der Waals surface area (Å²) in [6.45, 7) is 5.94. The van der Waals surface area contributed by atoms with Crippen molar-refractivity contribution in [2.24, 2.45) is 0 Å². The Morgan fingerprint density at radius 1 is 0.939 bits per heavy atom. The molecule has 0 unspecified atom stereocenters. The van der Waals surface area contributed by atoms with Gasteiger partial charge in [0.05, 0.1) is 26.2 Å². The number of para-hydroxylation sites is 1. The maximum Gasteiger partial charge on any atom is 0.235 e. The Morgan fingerprint density at radius 3 is 2.45 bits per heavy atom. The molecule has 0 N–H and O–H groups in total. The summed E-state index contributed by atoms with van der Waals surface area (Å²) in [6, 6.07) is 12.7. The monoisotopic (exact) mass is 452 g/mol. The van der Waals surface area contributed by atoms with Crippen LogP contribution in [0.2, 0.25) is 0 Å². The average molecular weight is 453 g/mol. The molecular weight excluding hydrogens is 420 g/mol. The number of rotatable bonds is 9. The lowest BCUT2D eigenvalue weighted by Gasteiger charge is -2.32. The van der Waals surface area contributed by atoms with Crippen molar-refractivity contribution < 1.29 is 18.6 Å². The fraction of sp³-hybridized carbons (Fsp3) is 0.423. The molecule has 1 aromatic heterocycles. The molecule has 0 amide bonds. The molecular formula is C26H32N2O5. The minimum atomic E-state index is -0.166. The summed E-state index contributed by atoms with van der Waals surface area (Å²) in [7, 11) is 5.33. The highest BCUT2D eigenvalue weighted by molar-refractivity contribution is 5.82. The van der Waals surface area contributed by atoms with Crippen molar-refractivity contribution >= 4 is 11.0 Å². The van der Waals surface area contributed by atoms with Gasteiger partial charge in [0.25, 0.3) is 0 Å². The second-order valence-electron chi connectivity index (χ2n) is 8.36. The third-order valence-corrected chi connectivity index (χ3v) is 6.11. The number of unbranched alkanes of at least 4 members (excludes halogenated alkanes) is 1. The Hall–Kier alpha value is -3.03. The van der Waals surface area contributed by atoms with Crippen molar-refractivity contribution in [2.45, 2.75) is 12.8 Å². The van der Waals surface area contributed by atoms with Gasteiger partial charge in [-0.15, -0.1) is 0 Å². The van der Waals surface area contributed by atoms with Crippen LogP contribution < -0.4 is 19.6 Å². The fourth-order valence-corrected chi connectivity index (χ4v) is 4.11. The van der Waals surface area contributed by atoms with Gasteiger partial charge in [-0.05, 0) is 56.8 Å². The minimum absolute atomic E-state index is 0.166. The molecule has 1 aliphatic rings. The van der Waals surface area contributed by atoms with Gasteiger partial charge in [0.2, 0.25) is 11.2 Å². The molecule has 7 nitrogen and oxygen atoms in total. The van der Waals surface area contributed by atoms with Gasteiger partial charge in [0, 0.05) is 31.7 Å².